The van der Waals surface area contributed by atoms with Crippen LogP contribution in [0.3, 0.4) is 0 Å². The number of nitrogens with zero attached hydrogens (tertiary/aromatic N) is 2. The van der Waals surface area contributed by atoms with Crippen molar-refractivity contribution < 1.29 is 18.7 Å². The van der Waals surface area contributed by atoms with Crippen LogP contribution in [0.4, 0.5) is 14.5 Å². The normalized spacial score (nSPS) is 12.7. The van der Waals surface area contributed by atoms with E-state index in [1.807, 2.05) is 0 Å². The van der Waals surface area contributed by atoms with Crippen molar-refractivity contribution in [1.82, 2.24) is 0 Å². The number of carbonyl (C=O) groups excluding carboxylic acids is 1. The number of halogens is 2. The lowest BCUT2D eigenvalue weighted by atomic mass is 10.3. The lowest BCUT2D eigenvalue weighted by molar-refractivity contribution is -0.113. The molecule has 1 N–H and O–H groups in total. The van der Waals surface area contributed by atoms with Crippen LogP contribution >= 0.6 is 0 Å². The van der Waals surface area contributed by atoms with Gasteiger partial charge < -0.3 is 5.11 Å². The molecular weight excluding hydrogens is 230 g/mol. The molecule has 1 aromatic carbocycles. The van der Waals surface area contributed by atoms with Crippen molar-refractivity contribution in [2.45, 2.75) is 13.8 Å². The third-order valence-corrected chi connectivity index (χ3v) is 1.86. The van der Waals surface area contributed by atoms with Crippen molar-refractivity contribution in [3.63, 3.8) is 0 Å². The van der Waals surface area contributed by atoms with E-state index in [0.29, 0.717) is 0 Å². The van der Waals surface area contributed by atoms with Crippen molar-refractivity contribution in [2.24, 2.45) is 10.2 Å². The molecule has 0 heterocycles. The van der Waals surface area contributed by atoms with E-state index in [0.717, 1.165) is 19.1 Å². The van der Waals surface area contributed by atoms with Gasteiger partial charge in [-0.3, -0.25) is 4.79 Å². The van der Waals surface area contributed by atoms with Crippen molar-refractivity contribution >= 4 is 11.5 Å². The third kappa shape index (κ3) is 3.17. The zero-order valence-corrected chi connectivity index (χ0v) is 9.24. The largest absolute Gasteiger partial charge is 0.510 e. The first-order chi connectivity index (χ1) is 7.93. The highest BCUT2D eigenvalue weighted by Gasteiger charge is 2.10. The number of aliphatic hydroxyl groups is 1. The van der Waals surface area contributed by atoms with Crippen molar-refractivity contribution in [3.05, 3.63) is 41.3 Å². The highest BCUT2D eigenvalue weighted by molar-refractivity contribution is 5.93. The molecule has 6 heteroatoms. The van der Waals surface area contributed by atoms with Crippen molar-refractivity contribution in [2.75, 3.05) is 0 Å². The first-order valence-electron chi connectivity index (χ1n) is 4.70. The summed E-state index contributed by atoms with van der Waals surface area (Å²) in [6.07, 6.45) is 0. The number of hydrogen-bond donors (Lipinski definition) is 1. The summed E-state index contributed by atoms with van der Waals surface area (Å²) in [6, 6.07) is 3.21. The topological polar surface area (TPSA) is 62.0 Å². The van der Waals surface area contributed by atoms with Gasteiger partial charge in [0, 0.05) is 6.92 Å². The molecule has 0 aliphatic carbocycles. The fraction of sp³-hybridized carbons (Fsp3) is 0.182. The minimum Gasteiger partial charge on any atom is -0.510 e. The maximum atomic E-state index is 13.1. The second kappa shape index (κ2) is 5.29. The number of ketones is 1. The van der Waals surface area contributed by atoms with Crippen molar-refractivity contribution in [1.29, 1.82) is 0 Å². The Bertz CT molecular complexity index is 486. The average Bonchev–Trinajstić information content (AvgIpc) is 2.21. The number of Topliss-reactive ketones (excluding diaryl/α,β-unsaturated/α-hetero) is 1. The van der Waals surface area contributed by atoms with E-state index in [1.165, 1.54) is 13.0 Å². The summed E-state index contributed by atoms with van der Waals surface area (Å²) in [5.74, 6) is -2.71. The lowest BCUT2D eigenvalue weighted by Gasteiger charge is -1.99. The minimum atomic E-state index is -0.896. The van der Waals surface area contributed by atoms with E-state index in [-0.39, 0.29) is 11.5 Å². The molecule has 0 aliphatic heterocycles. The summed E-state index contributed by atoms with van der Waals surface area (Å²) >= 11 is 0. The Kier molecular flexibility index (Phi) is 4.03. The number of carbonyl (C=O) groups is 1. The maximum absolute atomic E-state index is 13.1. The third-order valence-electron chi connectivity index (χ3n) is 1.86. The molecule has 0 radical (unpaired) electrons. The van der Waals surface area contributed by atoms with E-state index in [1.54, 1.807) is 0 Å². The SMILES string of the molecule is CC(=O)C(N=Nc1c(F)cccc1F)=C(C)O. The van der Waals surface area contributed by atoms with Gasteiger partial charge in [-0.15, -0.1) is 10.2 Å². The highest BCUT2D eigenvalue weighted by atomic mass is 19.1. The fourth-order valence-corrected chi connectivity index (χ4v) is 1.08. The predicted molar refractivity (Wildman–Crippen MR) is 56.9 cm³/mol. The van der Waals surface area contributed by atoms with E-state index >= 15 is 0 Å². The predicted octanol–water partition coefficient (Wildman–Crippen LogP) is 3.43. The summed E-state index contributed by atoms with van der Waals surface area (Å²) in [6.45, 7) is 2.39. The van der Waals surface area contributed by atoms with Crippen LogP contribution in [-0.4, -0.2) is 10.9 Å². The Morgan fingerprint density at radius 1 is 1.24 bits per heavy atom. The number of rotatable bonds is 3. The smallest absolute Gasteiger partial charge is 0.183 e. The Morgan fingerprint density at radius 2 is 1.76 bits per heavy atom. The molecule has 4 nitrogen and oxygen atoms in total. The molecular formula is C11H10F2N2O2. The van der Waals surface area contributed by atoms with Gasteiger partial charge in [0.25, 0.3) is 0 Å². The second-order valence-corrected chi connectivity index (χ2v) is 3.26. The minimum absolute atomic E-state index is 0.340. The quantitative estimate of drug-likeness (QED) is 0.499. The molecule has 0 spiro atoms. The molecule has 17 heavy (non-hydrogen) atoms. The number of hydrogen-bond acceptors (Lipinski definition) is 4. The van der Waals surface area contributed by atoms with Crippen LogP contribution in [0.5, 0.6) is 0 Å². The summed E-state index contributed by atoms with van der Waals surface area (Å²) in [7, 11) is 0. The van der Waals surface area contributed by atoms with Crippen LogP contribution < -0.4 is 0 Å². The monoisotopic (exact) mass is 240 g/mol. The van der Waals surface area contributed by atoms with Gasteiger partial charge in [-0.25, -0.2) is 8.78 Å². The lowest BCUT2D eigenvalue weighted by Crippen LogP contribution is -1.96. The molecule has 0 aromatic heterocycles. The van der Waals surface area contributed by atoms with Crippen LogP contribution in [0, 0.1) is 11.6 Å². The molecule has 0 fully saturated rings. The van der Waals surface area contributed by atoms with Crippen LogP contribution in [0.1, 0.15) is 13.8 Å². The molecule has 90 valence electrons. The second-order valence-electron chi connectivity index (χ2n) is 3.26. The number of aliphatic hydroxyl groups excluding tert-OH is 1. The molecule has 1 rings (SSSR count). The Hall–Kier alpha value is -2.11. The summed E-state index contributed by atoms with van der Waals surface area (Å²) in [4.78, 5) is 11.0. The summed E-state index contributed by atoms with van der Waals surface area (Å²) in [5, 5.41) is 15.7. The molecule has 0 saturated carbocycles. The number of benzene rings is 1. The molecule has 0 amide bonds. The Balaban J connectivity index is 3.14. The van der Waals surface area contributed by atoms with Crippen LogP contribution in [0.2, 0.25) is 0 Å². The van der Waals surface area contributed by atoms with Gasteiger partial charge >= 0.3 is 0 Å². The first kappa shape index (κ1) is 13.0. The summed E-state index contributed by atoms with van der Waals surface area (Å²) in [5.41, 5.74) is -0.944. The maximum Gasteiger partial charge on any atom is 0.183 e. The number of allylic oxidation sites excluding steroid dienone is 2. The van der Waals surface area contributed by atoms with E-state index in [4.69, 9.17) is 5.11 Å². The first-order valence-corrected chi connectivity index (χ1v) is 4.70. The molecule has 1 aromatic rings. The van der Waals surface area contributed by atoms with Crippen molar-refractivity contribution in [3.8, 4) is 0 Å². The van der Waals surface area contributed by atoms with Crippen LogP contribution in [-0.2, 0) is 4.79 Å². The van der Waals surface area contributed by atoms with Gasteiger partial charge in [-0.2, -0.15) is 0 Å². The van der Waals surface area contributed by atoms with E-state index in [2.05, 4.69) is 10.2 Å². The van der Waals surface area contributed by atoms with Gasteiger partial charge in [0.15, 0.2) is 28.8 Å². The Labute approximate surface area is 96.3 Å². The van der Waals surface area contributed by atoms with Gasteiger partial charge in [0.05, 0.1) is 0 Å². The fourth-order valence-electron chi connectivity index (χ4n) is 1.08. The van der Waals surface area contributed by atoms with Gasteiger partial charge in [0.1, 0.15) is 5.76 Å². The molecule has 0 unspecified atom stereocenters. The van der Waals surface area contributed by atoms with Gasteiger partial charge in [-0.1, -0.05) is 6.07 Å². The number of azo groups is 1. The van der Waals surface area contributed by atoms with Gasteiger partial charge in [-0.05, 0) is 19.1 Å². The summed E-state index contributed by atoms with van der Waals surface area (Å²) < 4.78 is 26.3. The standard InChI is InChI=1S/C11H10F2N2O2/c1-6(16)10(7(2)17)14-15-11-8(12)4-3-5-9(11)13/h3-5,16H,1-2H3. The average molecular weight is 240 g/mol. The molecule has 0 aliphatic rings. The Morgan fingerprint density at radius 3 is 2.18 bits per heavy atom. The molecule has 0 saturated heterocycles. The van der Waals surface area contributed by atoms with Crippen LogP contribution in [0.25, 0.3) is 0 Å². The molecule has 0 bridgehead atoms. The van der Waals surface area contributed by atoms with Crippen LogP contribution in [0.15, 0.2) is 39.9 Å². The van der Waals surface area contributed by atoms with E-state index in [9.17, 15) is 13.6 Å². The van der Waals surface area contributed by atoms with Gasteiger partial charge in [0.2, 0.25) is 0 Å². The highest BCUT2D eigenvalue weighted by Crippen LogP contribution is 2.23. The van der Waals surface area contributed by atoms with E-state index < -0.39 is 23.1 Å². The zero-order valence-electron chi connectivity index (χ0n) is 9.24. The zero-order chi connectivity index (χ0) is 13.0. The molecule has 0 atom stereocenters.